The van der Waals surface area contributed by atoms with Crippen LogP contribution < -0.4 is 4.90 Å². The Labute approximate surface area is 127 Å². The SMILES string of the molecule is O=C(C1CCc2nncn2C1)N1CCc2cc(Cl)ccc21. The molecule has 1 atom stereocenters. The van der Waals surface area contributed by atoms with Gasteiger partial charge >= 0.3 is 0 Å². The van der Waals surface area contributed by atoms with Crippen molar-refractivity contribution in [2.45, 2.75) is 25.8 Å². The fraction of sp³-hybridized carbons (Fsp3) is 0.400. The summed E-state index contributed by atoms with van der Waals surface area (Å²) in [6, 6.07) is 5.77. The molecule has 21 heavy (non-hydrogen) atoms. The molecule has 4 rings (SSSR count). The van der Waals surface area contributed by atoms with Crippen LogP contribution in [0.1, 0.15) is 17.8 Å². The highest BCUT2D eigenvalue weighted by molar-refractivity contribution is 6.30. The molecule has 6 heteroatoms. The minimum Gasteiger partial charge on any atom is -0.317 e. The van der Waals surface area contributed by atoms with Crippen LogP contribution in [-0.4, -0.2) is 27.2 Å². The number of halogens is 1. The number of anilines is 1. The van der Waals surface area contributed by atoms with Crippen molar-refractivity contribution >= 4 is 23.2 Å². The molecule has 0 fully saturated rings. The molecule has 1 amide bonds. The number of rotatable bonds is 1. The van der Waals surface area contributed by atoms with Crippen molar-refractivity contribution in [3.63, 3.8) is 0 Å². The summed E-state index contributed by atoms with van der Waals surface area (Å²) >= 11 is 6.02. The van der Waals surface area contributed by atoms with Crippen molar-refractivity contribution in [1.82, 2.24) is 14.8 Å². The van der Waals surface area contributed by atoms with Gasteiger partial charge < -0.3 is 9.47 Å². The van der Waals surface area contributed by atoms with Crippen molar-refractivity contribution in [2.24, 2.45) is 5.92 Å². The summed E-state index contributed by atoms with van der Waals surface area (Å²) in [5.74, 6) is 1.19. The predicted molar refractivity (Wildman–Crippen MR) is 79.3 cm³/mol. The summed E-state index contributed by atoms with van der Waals surface area (Å²) in [7, 11) is 0. The molecule has 0 spiro atoms. The Balaban J connectivity index is 1.58. The van der Waals surface area contributed by atoms with E-state index in [1.54, 1.807) is 6.33 Å². The quantitative estimate of drug-likeness (QED) is 0.810. The Bertz CT molecular complexity index is 711. The molecule has 1 aromatic carbocycles. The molecule has 2 aliphatic rings. The number of nitrogens with zero attached hydrogens (tertiary/aromatic N) is 4. The Kier molecular flexibility index (Phi) is 2.96. The lowest BCUT2D eigenvalue weighted by atomic mass is 9.98. The molecule has 0 saturated heterocycles. The summed E-state index contributed by atoms with van der Waals surface area (Å²) in [5.41, 5.74) is 2.18. The van der Waals surface area contributed by atoms with Crippen LogP contribution in [0.4, 0.5) is 5.69 Å². The molecule has 0 N–H and O–H groups in total. The van der Waals surface area contributed by atoms with Gasteiger partial charge in [0.25, 0.3) is 0 Å². The highest BCUT2D eigenvalue weighted by atomic mass is 35.5. The minimum atomic E-state index is 0.00938. The van der Waals surface area contributed by atoms with E-state index in [1.165, 1.54) is 0 Å². The van der Waals surface area contributed by atoms with E-state index >= 15 is 0 Å². The van der Waals surface area contributed by atoms with Crippen molar-refractivity contribution in [3.8, 4) is 0 Å². The van der Waals surface area contributed by atoms with Gasteiger partial charge in [-0.2, -0.15) is 0 Å². The number of hydrogen-bond acceptors (Lipinski definition) is 3. The summed E-state index contributed by atoms with van der Waals surface area (Å²) in [6.07, 6.45) is 4.26. The summed E-state index contributed by atoms with van der Waals surface area (Å²) < 4.78 is 1.99. The maximum Gasteiger partial charge on any atom is 0.231 e. The first kappa shape index (κ1) is 12.8. The zero-order valence-electron chi connectivity index (χ0n) is 11.5. The second-order valence-corrected chi connectivity index (χ2v) is 6.08. The predicted octanol–water partition coefficient (Wildman–Crippen LogP) is 2.08. The maximum atomic E-state index is 12.8. The Hall–Kier alpha value is -1.88. The van der Waals surface area contributed by atoms with Crippen LogP contribution in [0.15, 0.2) is 24.5 Å². The van der Waals surface area contributed by atoms with Gasteiger partial charge in [-0.1, -0.05) is 11.6 Å². The van der Waals surface area contributed by atoms with E-state index in [1.807, 2.05) is 27.7 Å². The van der Waals surface area contributed by atoms with Crippen molar-refractivity contribution < 1.29 is 4.79 Å². The number of aromatic nitrogens is 3. The van der Waals surface area contributed by atoms with Gasteiger partial charge in [-0.25, -0.2) is 0 Å². The molecule has 108 valence electrons. The normalized spacial score (nSPS) is 20.2. The van der Waals surface area contributed by atoms with Crippen LogP contribution in [-0.2, 0) is 24.2 Å². The van der Waals surface area contributed by atoms with Gasteiger partial charge in [0.05, 0.1) is 5.92 Å². The monoisotopic (exact) mass is 302 g/mol. The Morgan fingerprint density at radius 3 is 3.14 bits per heavy atom. The first-order valence-electron chi connectivity index (χ1n) is 7.19. The van der Waals surface area contributed by atoms with Crippen LogP contribution >= 0.6 is 11.6 Å². The average Bonchev–Trinajstić information content (AvgIpc) is 3.11. The van der Waals surface area contributed by atoms with Gasteiger partial charge in [0.15, 0.2) is 0 Å². The first-order chi connectivity index (χ1) is 10.2. The second kappa shape index (κ2) is 4.84. The fourth-order valence-corrected chi connectivity index (χ4v) is 3.47. The number of fused-ring (bicyclic) bond motifs is 2. The zero-order valence-corrected chi connectivity index (χ0v) is 12.3. The van der Waals surface area contributed by atoms with E-state index in [-0.39, 0.29) is 11.8 Å². The first-order valence-corrected chi connectivity index (χ1v) is 7.56. The molecule has 0 bridgehead atoms. The highest BCUT2D eigenvalue weighted by Crippen LogP contribution is 2.32. The standard InChI is InChI=1S/C15H15ClN4O/c16-12-2-3-13-10(7-12)5-6-20(13)15(21)11-1-4-14-18-17-9-19(14)8-11/h2-3,7,9,11H,1,4-6,8H2. The summed E-state index contributed by atoms with van der Waals surface area (Å²) in [6.45, 7) is 1.43. The number of benzene rings is 1. The van der Waals surface area contributed by atoms with Crippen molar-refractivity contribution in [3.05, 3.63) is 40.9 Å². The Morgan fingerprint density at radius 2 is 2.24 bits per heavy atom. The number of hydrogen-bond donors (Lipinski definition) is 0. The largest absolute Gasteiger partial charge is 0.317 e. The molecule has 0 radical (unpaired) electrons. The molecular weight excluding hydrogens is 288 g/mol. The van der Waals surface area contributed by atoms with Crippen LogP contribution in [0.2, 0.25) is 5.02 Å². The van der Waals surface area contributed by atoms with E-state index in [0.717, 1.165) is 47.9 Å². The fourth-order valence-electron chi connectivity index (χ4n) is 3.28. The van der Waals surface area contributed by atoms with Gasteiger partial charge in [0.2, 0.25) is 5.91 Å². The number of amides is 1. The number of aryl methyl sites for hydroxylation is 1. The molecule has 1 unspecified atom stereocenters. The van der Waals surface area contributed by atoms with Gasteiger partial charge in [-0.05, 0) is 36.6 Å². The van der Waals surface area contributed by atoms with E-state index in [4.69, 9.17) is 11.6 Å². The van der Waals surface area contributed by atoms with Crippen LogP contribution in [0.3, 0.4) is 0 Å². The van der Waals surface area contributed by atoms with E-state index in [0.29, 0.717) is 6.54 Å². The molecule has 0 aliphatic carbocycles. The maximum absolute atomic E-state index is 12.8. The third kappa shape index (κ3) is 2.12. The summed E-state index contributed by atoms with van der Waals surface area (Å²) in [5, 5.41) is 8.71. The zero-order chi connectivity index (χ0) is 14.4. The third-order valence-electron chi connectivity index (χ3n) is 4.38. The van der Waals surface area contributed by atoms with Crippen LogP contribution in [0.25, 0.3) is 0 Å². The topological polar surface area (TPSA) is 51.0 Å². The number of carbonyl (C=O) groups is 1. The van der Waals surface area contributed by atoms with Gasteiger partial charge in [0, 0.05) is 30.2 Å². The highest BCUT2D eigenvalue weighted by Gasteiger charge is 2.32. The second-order valence-electron chi connectivity index (χ2n) is 5.65. The lowest BCUT2D eigenvalue weighted by Gasteiger charge is -2.27. The van der Waals surface area contributed by atoms with Crippen molar-refractivity contribution in [2.75, 3.05) is 11.4 Å². The lowest BCUT2D eigenvalue weighted by molar-refractivity contribution is -0.123. The Morgan fingerprint density at radius 1 is 1.33 bits per heavy atom. The van der Waals surface area contributed by atoms with Gasteiger partial charge in [0.1, 0.15) is 12.2 Å². The molecular formula is C15H15ClN4O. The van der Waals surface area contributed by atoms with E-state index < -0.39 is 0 Å². The summed E-state index contributed by atoms with van der Waals surface area (Å²) in [4.78, 5) is 14.7. The minimum absolute atomic E-state index is 0.00938. The van der Waals surface area contributed by atoms with E-state index in [2.05, 4.69) is 10.2 Å². The third-order valence-corrected chi connectivity index (χ3v) is 4.62. The van der Waals surface area contributed by atoms with Gasteiger partial charge in [-0.15, -0.1) is 10.2 Å². The molecule has 0 saturated carbocycles. The molecule has 2 aromatic rings. The molecule has 1 aromatic heterocycles. The van der Waals surface area contributed by atoms with Crippen LogP contribution in [0.5, 0.6) is 0 Å². The smallest absolute Gasteiger partial charge is 0.231 e. The number of carbonyl (C=O) groups excluding carboxylic acids is 1. The molecule has 2 aliphatic heterocycles. The van der Waals surface area contributed by atoms with Crippen molar-refractivity contribution in [1.29, 1.82) is 0 Å². The lowest BCUT2D eigenvalue weighted by Crippen LogP contribution is -2.38. The van der Waals surface area contributed by atoms with Crippen LogP contribution in [0, 0.1) is 5.92 Å². The van der Waals surface area contributed by atoms with Gasteiger partial charge in [-0.3, -0.25) is 4.79 Å². The molecule has 3 heterocycles. The van der Waals surface area contributed by atoms with E-state index in [9.17, 15) is 4.79 Å². The molecule has 5 nitrogen and oxygen atoms in total. The average molecular weight is 303 g/mol.